The monoisotopic (exact) mass is 361 g/mol. The molecule has 7 nitrogen and oxygen atoms in total. The van der Waals surface area contributed by atoms with E-state index >= 15 is 0 Å². The molecule has 3 aliphatic rings. The zero-order valence-electron chi connectivity index (χ0n) is 14.8. The lowest BCUT2D eigenvalue weighted by Gasteiger charge is -2.36. The maximum absolute atomic E-state index is 13.0. The molecule has 3 aliphatic heterocycles. The SMILES string of the molecule is N#Cc1ccc(C(=O)N2C[C@H]3CC[C@@H]2CN(C(=O)c2ccccn2)C3)cn1. The number of piperidine rings is 1. The van der Waals surface area contributed by atoms with Crippen molar-refractivity contribution in [3.05, 3.63) is 59.7 Å². The fourth-order valence-corrected chi connectivity index (χ4v) is 3.90. The Hall–Kier alpha value is -3.27. The van der Waals surface area contributed by atoms with E-state index in [0.29, 0.717) is 30.9 Å². The fourth-order valence-electron chi connectivity index (χ4n) is 3.90. The Labute approximate surface area is 157 Å². The molecule has 3 fully saturated rings. The molecule has 0 aromatic carbocycles. The summed E-state index contributed by atoms with van der Waals surface area (Å²) in [4.78, 5) is 37.6. The van der Waals surface area contributed by atoms with Crippen LogP contribution in [0.4, 0.5) is 0 Å². The number of hydrogen-bond donors (Lipinski definition) is 0. The molecule has 0 N–H and O–H groups in total. The average Bonchev–Trinajstić information content (AvgIpc) is 3.05. The molecule has 27 heavy (non-hydrogen) atoms. The minimum absolute atomic E-state index is 0.0143. The first kappa shape index (κ1) is 17.2. The van der Waals surface area contributed by atoms with E-state index in [1.54, 1.807) is 36.5 Å². The van der Waals surface area contributed by atoms with Gasteiger partial charge < -0.3 is 9.80 Å². The van der Waals surface area contributed by atoms with Gasteiger partial charge in [0.15, 0.2) is 0 Å². The summed E-state index contributed by atoms with van der Waals surface area (Å²) >= 11 is 0. The summed E-state index contributed by atoms with van der Waals surface area (Å²) in [7, 11) is 0. The number of rotatable bonds is 2. The van der Waals surface area contributed by atoms with E-state index < -0.39 is 0 Å². The zero-order chi connectivity index (χ0) is 18.8. The molecule has 2 aromatic rings. The van der Waals surface area contributed by atoms with E-state index in [0.717, 1.165) is 12.8 Å². The molecule has 136 valence electrons. The van der Waals surface area contributed by atoms with Crippen LogP contribution in [0.1, 0.15) is 39.4 Å². The molecule has 5 heterocycles. The van der Waals surface area contributed by atoms with Gasteiger partial charge in [-0.2, -0.15) is 5.26 Å². The third kappa shape index (κ3) is 3.38. The molecule has 5 rings (SSSR count). The van der Waals surface area contributed by atoms with Gasteiger partial charge in [-0.1, -0.05) is 6.07 Å². The van der Waals surface area contributed by atoms with Gasteiger partial charge in [0.1, 0.15) is 17.5 Å². The van der Waals surface area contributed by atoms with Gasteiger partial charge in [-0.3, -0.25) is 14.6 Å². The van der Waals surface area contributed by atoms with Crippen LogP contribution in [-0.4, -0.2) is 57.3 Å². The van der Waals surface area contributed by atoms with Gasteiger partial charge in [0, 0.05) is 38.1 Å². The number of pyridine rings is 2. The molecule has 3 saturated heterocycles. The molecular formula is C20H19N5O2. The number of aromatic nitrogens is 2. The second-order valence-corrected chi connectivity index (χ2v) is 7.02. The van der Waals surface area contributed by atoms with Crippen molar-refractivity contribution in [1.82, 2.24) is 19.8 Å². The number of amides is 2. The lowest BCUT2D eigenvalue weighted by molar-refractivity contribution is 0.0573. The molecule has 0 aliphatic carbocycles. The predicted molar refractivity (Wildman–Crippen MR) is 96.6 cm³/mol. The lowest BCUT2D eigenvalue weighted by atomic mass is 9.94. The van der Waals surface area contributed by atoms with Gasteiger partial charge in [0.2, 0.25) is 0 Å². The van der Waals surface area contributed by atoms with Crippen LogP contribution in [-0.2, 0) is 0 Å². The largest absolute Gasteiger partial charge is 0.335 e. The molecule has 0 unspecified atom stereocenters. The quantitative estimate of drug-likeness (QED) is 0.812. The Balaban J connectivity index is 1.53. The van der Waals surface area contributed by atoms with Gasteiger partial charge in [-0.15, -0.1) is 0 Å². The van der Waals surface area contributed by atoms with Crippen molar-refractivity contribution in [1.29, 1.82) is 5.26 Å². The predicted octanol–water partition coefficient (Wildman–Crippen LogP) is 1.73. The third-order valence-corrected chi connectivity index (χ3v) is 5.27. The molecule has 0 saturated carbocycles. The van der Waals surface area contributed by atoms with Gasteiger partial charge in [0.25, 0.3) is 11.8 Å². The van der Waals surface area contributed by atoms with Crippen molar-refractivity contribution in [3.63, 3.8) is 0 Å². The van der Waals surface area contributed by atoms with Gasteiger partial charge in [-0.25, -0.2) is 4.98 Å². The number of carbonyl (C=O) groups is 2. The summed E-state index contributed by atoms with van der Waals surface area (Å²) in [5, 5.41) is 8.86. The van der Waals surface area contributed by atoms with Gasteiger partial charge in [-0.05, 0) is 43.0 Å². The third-order valence-electron chi connectivity index (χ3n) is 5.27. The van der Waals surface area contributed by atoms with Crippen LogP contribution in [0.3, 0.4) is 0 Å². The van der Waals surface area contributed by atoms with Gasteiger partial charge >= 0.3 is 0 Å². The lowest BCUT2D eigenvalue weighted by Crippen LogP contribution is -2.47. The number of nitrogens with zero attached hydrogens (tertiary/aromatic N) is 5. The van der Waals surface area contributed by atoms with Crippen LogP contribution in [0.15, 0.2) is 42.7 Å². The van der Waals surface area contributed by atoms with E-state index in [1.807, 2.05) is 15.9 Å². The maximum Gasteiger partial charge on any atom is 0.272 e. The van der Waals surface area contributed by atoms with Crippen LogP contribution in [0.25, 0.3) is 0 Å². The molecule has 2 bridgehead atoms. The van der Waals surface area contributed by atoms with E-state index in [-0.39, 0.29) is 29.5 Å². The van der Waals surface area contributed by atoms with Crippen LogP contribution in [0.5, 0.6) is 0 Å². The molecule has 7 heteroatoms. The van der Waals surface area contributed by atoms with Crippen LogP contribution >= 0.6 is 0 Å². The average molecular weight is 361 g/mol. The van der Waals surface area contributed by atoms with E-state index in [1.165, 1.54) is 6.20 Å². The number of fused-ring (bicyclic) bond motifs is 4. The first-order chi connectivity index (χ1) is 13.2. The summed E-state index contributed by atoms with van der Waals surface area (Å²) in [5.74, 6) is 0.0855. The normalized spacial score (nSPS) is 21.4. The van der Waals surface area contributed by atoms with Crippen molar-refractivity contribution in [2.24, 2.45) is 5.92 Å². The number of hydrogen-bond acceptors (Lipinski definition) is 5. The summed E-state index contributed by atoms with van der Waals surface area (Å²) in [6, 6.07) is 10.5. The minimum atomic E-state index is -0.0891. The summed E-state index contributed by atoms with van der Waals surface area (Å²) < 4.78 is 0. The highest BCUT2D eigenvalue weighted by atomic mass is 16.2. The Morgan fingerprint density at radius 2 is 1.93 bits per heavy atom. The van der Waals surface area contributed by atoms with E-state index in [4.69, 9.17) is 5.26 Å². The molecule has 0 spiro atoms. The smallest absolute Gasteiger partial charge is 0.272 e. The van der Waals surface area contributed by atoms with Crippen molar-refractivity contribution >= 4 is 11.8 Å². The van der Waals surface area contributed by atoms with Crippen molar-refractivity contribution in [3.8, 4) is 6.07 Å². The standard InChI is InChI=1S/C20H19N5O2/c21-9-16-6-5-15(10-23-16)19(26)25-12-14-4-7-17(25)13-24(11-14)20(27)18-3-1-2-8-22-18/h1-3,5-6,8,10,14,17H,4,7,11-13H2/t14-,17+/m0/s1. The first-order valence-electron chi connectivity index (χ1n) is 9.03. The topological polar surface area (TPSA) is 90.2 Å². The zero-order valence-corrected chi connectivity index (χ0v) is 14.8. The van der Waals surface area contributed by atoms with Crippen LogP contribution in [0.2, 0.25) is 0 Å². The van der Waals surface area contributed by atoms with Crippen LogP contribution < -0.4 is 0 Å². The molecule has 0 radical (unpaired) electrons. The summed E-state index contributed by atoms with van der Waals surface area (Å²) in [6.45, 7) is 1.79. The van der Waals surface area contributed by atoms with Gasteiger partial charge in [0.05, 0.1) is 5.56 Å². The van der Waals surface area contributed by atoms with E-state index in [9.17, 15) is 9.59 Å². The highest BCUT2D eigenvalue weighted by Crippen LogP contribution is 2.29. The molecular weight excluding hydrogens is 342 g/mol. The van der Waals surface area contributed by atoms with Crippen molar-refractivity contribution in [2.45, 2.75) is 18.9 Å². The maximum atomic E-state index is 13.0. The van der Waals surface area contributed by atoms with Crippen LogP contribution in [0, 0.1) is 17.2 Å². The number of nitriles is 1. The highest BCUT2D eigenvalue weighted by Gasteiger charge is 2.39. The summed E-state index contributed by atoms with van der Waals surface area (Å²) in [6.07, 6.45) is 4.96. The molecule has 2 amide bonds. The highest BCUT2D eigenvalue weighted by molar-refractivity contribution is 5.95. The minimum Gasteiger partial charge on any atom is -0.335 e. The van der Waals surface area contributed by atoms with E-state index in [2.05, 4.69) is 9.97 Å². The van der Waals surface area contributed by atoms with Crippen molar-refractivity contribution < 1.29 is 9.59 Å². The Morgan fingerprint density at radius 3 is 2.63 bits per heavy atom. The molecule has 2 aromatic heterocycles. The number of carbonyl (C=O) groups excluding carboxylic acids is 2. The molecule has 2 atom stereocenters. The Kier molecular flexibility index (Phi) is 4.55. The summed E-state index contributed by atoms with van der Waals surface area (Å²) in [5.41, 5.74) is 1.20. The second-order valence-electron chi connectivity index (χ2n) is 7.02. The Bertz CT molecular complexity index is 891. The fraction of sp³-hybridized carbons (Fsp3) is 0.350. The first-order valence-corrected chi connectivity index (χ1v) is 9.03. The second kappa shape index (κ2) is 7.16. The Morgan fingerprint density at radius 1 is 1.04 bits per heavy atom. The van der Waals surface area contributed by atoms with Crippen molar-refractivity contribution in [2.75, 3.05) is 19.6 Å².